The van der Waals surface area contributed by atoms with E-state index in [9.17, 15) is 0 Å². The molecule has 1 atom stereocenters. The molecule has 11 N–H and O–H groups in total. The predicted octanol–water partition coefficient (Wildman–Crippen LogP) is -3.65. The van der Waals surface area contributed by atoms with E-state index in [4.69, 9.17) is 28.7 Å². The van der Waals surface area contributed by atoms with E-state index in [1.54, 1.807) is 0 Å². The van der Waals surface area contributed by atoms with Gasteiger partial charge in [0.25, 0.3) is 0 Å². The Morgan fingerprint density at radius 2 is 1.80 bits per heavy atom. The fraction of sp³-hybridized carbons (Fsp3) is 1.00. The van der Waals surface area contributed by atoms with E-state index in [1.807, 2.05) is 0 Å². The van der Waals surface area contributed by atoms with E-state index < -0.39 is 12.0 Å². The summed E-state index contributed by atoms with van der Waals surface area (Å²) >= 11 is 0. The van der Waals surface area contributed by atoms with E-state index in [-0.39, 0.29) is 0 Å². The Hall–Kier alpha value is -0.240. The Kier molecular flexibility index (Phi) is 3.72. The molecule has 0 spiro atoms. The van der Waals surface area contributed by atoms with Crippen molar-refractivity contribution in [2.75, 3.05) is 13.1 Å². The Bertz CT molecular complexity index is 86.2. The molecule has 62 valence electrons. The molecule has 10 heavy (non-hydrogen) atoms. The highest BCUT2D eigenvalue weighted by atomic mass is 15.2. The third-order valence-corrected chi connectivity index (χ3v) is 1.05. The minimum atomic E-state index is -1.38. The van der Waals surface area contributed by atoms with Gasteiger partial charge in [-0.05, 0) is 0 Å². The van der Waals surface area contributed by atoms with Crippen LogP contribution in [0.5, 0.6) is 0 Å². The fourth-order valence-corrected chi connectivity index (χ4v) is 0.416. The molecule has 0 aromatic rings. The average Bonchev–Trinajstić information content (AvgIpc) is 1.80. The van der Waals surface area contributed by atoms with Crippen molar-refractivity contribution >= 4 is 0 Å². The topological polar surface area (TPSA) is 142 Å². The van der Waals surface area contributed by atoms with Gasteiger partial charge in [0, 0.05) is 13.1 Å². The second-order valence-corrected chi connectivity index (χ2v) is 2.22. The van der Waals surface area contributed by atoms with Gasteiger partial charge in [0.15, 0.2) is 0 Å². The van der Waals surface area contributed by atoms with Gasteiger partial charge in [0.2, 0.25) is 0 Å². The van der Waals surface area contributed by atoms with Gasteiger partial charge >= 0.3 is 0 Å². The van der Waals surface area contributed by atoms with E-state index in [2.05, 4.69) is 5.32 Å². The zero-order chi connectivity index (χ0) is 8.20. The quantitative estimate of drug-likeness (QED) is 0.227. The summed E-state index contributed by atoms with van der Waals surface area (Å²) in [5, 5.41) is 2.75. The molecule has 6 nitrogen and oxygen atoms in total. The van der Waals surface area contributed by atoms with Crippen LogP contribution >= 0.6 is 0 Å². The van der Waals surface area contributed by atoms with E-state index in [0.29, 0.717) is 13.1 Å². The maximum absolute atomic E-state index is 5.40. The lowest BCUT2D eigenvalue weighted by molar-refractivity contribution is 0.319. The molecule has 0 saturated carbocycles. The molecule has 0 aliphatic rings. The monoisotopic (exact) mass is 148 g/mol. The first-order valence-corrected chi connectivity index (χ1v) is 3.04. The largest absolute Gasteiger partial charge is 0.329 e. The standard InChI is InChI=1S/C4H16N6/c5-1-2-10-3(6)4(7,8)9/h3,10H,1-2,5-9H2. The number of nitrogens with one attached hydrogen (secondary N) is 1. The zero-order valence-corrected chi connectivity index (χ0v) is 5.88. The van der Waals surface area contributed by atoms with Crippen molar-refractivity contribution in [3.8, 4) is 0 Å². The molecule has 0 rings (SSSR count). The van der Waals surface area contributed by atoms with Crippen molar-refractivity contribution in [2.45, 2.75) is 12.0 Å². The second-order valence-electron chi connectivity index (χ2n) is 2.22. The minimum absolute atomic E-state index is 0.476. The van der Waals surface area contributed by atoms with Crippen LogP contribution in [-0.4, -0.2) is 25.0 Å². The first kappa shape index (κ1) is 9.76. The van der Waals surface area contributed by atoms with Crippen LogP contribution in [0.25, 0.3) is 0 Å². The van der Waals surface area contributed by atoms with Gasteiger partial charge in [0.05, 0.1) is 0 Å². The summed E-state index contributed by atoms with van der Waals surface area (Å²) in [7, 11) is 0. The van der Waals surface area contributed by atoms with Crippen molar-refractivity contribution in [1.29, 1.82) is 0 Å². The summed E-state index contributed by atoms with van der Waals surface area (Å²) in [6, 6.07) is 0. The van der Waals surface area contributed by atoms with Gasteiger partial charge in [-0.3, -0.25) is 22.5 Å². The van der Waals surface area contributed by atoms with E-state index in [1.165, 1.54) is 0 Å². The van der Waals surface area contributed by atoms with Crippen LogP contribution in [-0.2, 0) is 0 Å². The number of hydrogen-bond donors (Lipinski definition) is 6. The van der Waals surface area contributed by atoms with Crippen molar-refractivity contribution in [2.24, 2.45) is 28.7 Å². The van der Waals surface area contributed by atoms with E-state index >= 15 is 0 Å². The summed E-state index contributed by atoms with van der Waals surface area (Å²) in [6.07, 6.45) is -0.629. The summed E-state index contributed by atoms with van der Waals surface area (Å²) in [5.74, 6) is -1.38. The fourth-order valence-electron chi connectivity index (χ4n) is 0.416. The summed E-state index contributed by atoms with van der Waals surface area (Å²) in [5.41, 5.74) is 26.3. The first-order chi connectivity index (χ1) is 4.48. The van der Waals surface area contributed by atoms with Gasteiger partial charge in [-0.2, -0.15) is 0 Å². The average molecular weight is 148 g/mol. The molecular formula is C4H16N6. The van der Waals surface area contributed by atoms with Crippen molar-refractivity contribution in [3.05, 3.63) is 0 Å². The maximum atomic E-state index is 5.40. The highest BCUT2D eigenvalue weighted by Gasteiger charge is 2.20. The van der Waals surface area contributed by atoms with Crippen molar-refractivity contribution in [3.63, 3.8) is 0 Å². The van der Waals surface area contributed by atoms with Crippen molar-refractivity contribution in [1.82, 2.24) is 5.32 Å². The molecule has 0 radical (unpaired) electrons. The Morgan fingerprint density at radius 1 is 1.30 bits per heavy atom. The van der Waals surface area contributed by atoms with Crippen LogP contribution in [0.1, 0.15) is 0 Å². The Labute approximate surface area is 60.1 Å². The lowest BCUT2D eigenvalue weighted by atomic mass is 10.3. The molecule has 0 amide bonds. The molecule has 0 aliphatic heterocycles. The highest BCUT2D eigenvalue weighted by Crippen LogP contribution is 1.79. The van der Waals surface area contributed by atoms with Gasteiger partial charge < -0.3 is 11.5 Å². The van der Waals surface area contributed by atoms with Crippen LogP contribution in [0.3, 0.4) is 0 Å². The molecule has 0 aromatic heterocycles. The second kappa shape index (κ2) is 3.81. The highest BCUT2D eigenvalue weighted by molar-refractivity contribution is 4.80. The molecule has 1 unspecified atom stereocenters. The SMILES string of the molecule is NCCNC(N)C(N)(N)N. The van der Waals surface area contributed by atoms with Gasteiger partial charge in [0.1, 0.15) is 12.0 Å². The first-order valence-electron chi connectivity index (χ1n) is 3.04. The number of nitrogens with two attached hydrogens (primary N) is 5. The van der Waals surface area contributed by atoms with Crippen LogP contribution in [0, 0.1) is 0 Å². The summed E-state index contributed by atoms with van der Waals surface area (Å²) < 4.78 is 0. The van der Waals surface area contributed by atoms with Gasteiger partial charge in [-0.25, -0.2) is 0 Å². The third kappa shape index (κ3) is 3.72. The Balaban J connectivity index is 3.52. The molecule has 0 aromatic carbocycles. The smallest absolute Gasteiger partial charge is 0.145 e. The number of hydrogen-bond acceptors (Lipinski definition) is 6. The maximum Gasteiger partial charge on any atom is 0.145 e. The van der Waals surface area contributed by atoms with Gasteiger partial charge in [-0.15, -0.1) is 0 Å². The van der Waals surface area contributed by atoms with Crippen molar-refractivity contribution < 1.29 is 0 Å². The Morgan fingerprint density at radius 3 is 2.10 bits per heavy atom. The summed E-state index contributed by atoms with van der Waals surface area (Å²) in [4.78, 5) is 0. The normalized spacial score (nSPS) is 15.3. The van der Waals surface area contributed by atoms with Crippen LogP contribution in [0.2, 0.25) is 0 Å². The van der Waals surface area contributed by atoms with Crippen LogP contribution in [0.15, 0.2) is 0 Å². The lowest BCUT2D eigenvalue weighted by Crippen LogP contribution is -2.73. The van der Waals surface area contributed by atoms with Crippen LogP contribution in [0.4, 0.5) is 0 Å². The van der Waals surface area contributed by atoms with Gasteiger partial charge in [-0.1, -0.05) is 0 Å². The predicted molar refractivity (Wildman–Crippen MR) is 40.3 cm³/mol. The van der Waals surface area contributed by atoms with Crippen LogP contribution < -0.4 is 34.0 Å². The van der Waals surface area contributed by atoms with E-state index in [0.717, 1.165) is 0 Å². The zero-order valence-electron chi connectivity index (χ0n) is 5.88. The molecule has 0 aliphatic carbocycles. The summed E-state index contributed by atoms with van der Waals surface area (Å²) in [6.45, 7) is 1.03. The minimum Gasteiger partial charge on any atom is -0.329 e. The molecular weight excluding hydrogens is 132 g/mol. The molecule has 0 fully saturated rings. The molecule has 6 heteroatoms. The molecule has 0 saturated heterocycles. The molecule has 0 bridgehead atoms. The molecule has 0 heterocycles. The lowest BCUT2D eigenvalue weighted by Gasteiger charge is -2.26. The number of rotatable bonds is 4. The third-order valence-electron chi connectivity index (χ3n) is 1.05.